The molecule has 0 saturated heterocycles. The number of fused-ring (bicyclic) bond motifs is 1. The van der Waals surface area contributed by atoms with Crippen molar-refractivity contribution in [2.24, 2.45) is 0 Å². The van der Waals surface area contributed by atoms with E-state index in [9.17, 15) is 4.79 Å². The van der Waals surface area contributed by atoms with Crippen molar-refractivity contribution >= 4 is 11.6 Å². The quantitative estimate of drug-likeness (QED) is 0.814. The molecule has 0 radical (unpaired) electrons. The largest absolute Gasteiger partial charge is 0.399 e. The first-order chi connectivity index (χ1) is 8.35. The van der Waals surface area contributed by atoms with Crippen molar-refractivity contribution in [1.82, 2.24) is 4.90 Å². The molecule has 1 amide bonds. The highest BCUT2D eigenvalue weighted by atomic mass is 16.5. The molecule has 98 valence electrons. The van der Waals surface area contributed by atoms with Crippen molar-refractivity contribution in [2.75, 3.05) is 12.3 Å². The van der Waals surface area contributed by atoms with Gasteiger partial charge in [-0.05, 0) is 44.0 Å². The molecular formula is C14H20N2O2. The minimum atomic E-state index is -0.285. The zero-order valence-corrected chi connectivity index (χ0v) is 11.2. The third kappa shape index (κ3) is 3.01. The SMILES string of the molecule is CC(C)(C)OCC(=O)N1Cc2ccc(N)cc2C1. The monoisotopic (exact) mass is 248 g/mol. The zero-order valence-electron chi connectivity index (χ0n) is 11.2. The Kier molecular flexibility index (Phi) is 3.30. The number of carbonyl (C=O) groups excluding carboxylic acids is 1. The first-order valence-electron chi connectivity index (χ1n) is 6.14. The summed E-state index contributed by atoms with van der Waals surface area (Å²) in [5, 5.41) is 0. The van der Waals surface area contributed by atoms with Crippen LogP contribution < -0.4 is 5.73 Å². The number of nitrogen functional groups attached to an aromatic ring is 1. The second-order valence-electron chi connectivity index (χ2n) is 5.68. The van der Waals surface area contributed by atoms with Crippen LogP contribution in [0.4, 0.5) is 5.69 Å². The number of anilines is 1. The topological polar surface area (TPSA) is 55.6 Å². The van der Waals surface area contributed by atoms with Crippen molar-refractivity contribution in [3.8, 4) is 0 Å². The van der Waals surface area contributed by atoms with E-state index in [0.717, 1.165) is 11.3 Å². The molecule has 1 aromatic carbocycles. The highest BCUT2D eigenvalue weighted by Gasteiger charge is 2.24. The van der Waals surface area contributed by atoms with E-state index in [1.807, 2.05) is 39.0 Å². The molecule has 4 nitrogen and oxygen atoms in total. The van der Waals surface area contributed by atoms with Gasteiger partial charge in [-0.2, -0.15) is 0 Å². The van der Waals surface area contributed by atoms with E-state index in [2.05, 4.69) is 0 Å². The van der Waals surface area contributed by atoms with Crippen LogP contribution in [0.3, 0.4) is 0 Å². The lowest BCUT2D eigenvalue weighted by Crippen LogP contribution is -2.33. The van der Waals surface area contributed by atoms with Crippen molar-refractivity contribution in [2.45, 2.75) is 39.5 Å². The number of carbonyl (C=O) groups is 1. The maximum Gasteiger partial charge on any atom is 0.249 e. The molecule has 1 aromatic rings. The summed E-state index contributed by atoms with van der Waals surface area (Å²) in [5.74, 6) is 0.0275. The van der Waals surface area contributed by atoms with Crippen molar-refractivity contribution < 1.29 is 9.53 Å². The van der Waals surface area contributed by atoms with E-state index in [1.165, 1.54) is 5.56 Å². The third-order valence-corrected chi connectivity index (χ3v) is 2.93. The highest BCUT2D eigenvalue weighted by molar-refractivity contribution is 5.78. The summed E-state index contributed by atoms with van der Waals surface area (Å²) in [6, 6.07) is 5.80. The van der Waals surface area contributed by atoms with Gasteiger partial charge in [0.05, 0.1) is 5.60 Å². The standard InChI is InChI=1S/C14H20N2O2/c1-14(2,3)18-9-13(17)16-7-10-4-5-12(15)6-11(10)8-16/h4-6H,7-9,15H2,1-3H3. The van der Waals surface area contributed by atoms with Gasteiger partial charge in [0.2, 0.25) is 5.91 Å². The normalized spacial score (nSPS) is 14.7. The molecule has 1 aliphatic rings. The average Bonchev–Trinajstić information content (AvgIpc) is 2.67. The minimum absolute atomic E-state index is 0.0275. The lowest BCUT2D eigenvalue weighted by molar-refractivity contribution is -0.141. The van der Waals surface area contributed by atoms with Crippen LogP contribution in [-0.4, -0.2) is 23.0 Å². The summed E-state index contributed by atoms with van der Waals surface area (Å²) in [6.45, 7) is 7.25. The van der Waals surface area contributed by atoms with Crippen LogP contribution in [0.5, 0.6) is 0 Å². The Morgan fingerprint density at radius 3 is 2.67 bits per heavy atom. The average molecular weight is 248 g/mol. The van der Waals surface area contributed by atoms with E-state index in [4.69, 9.17) is 10.5 Å². The lowest BCUT2D eigenvalue weighted by atomic mass is 10.1. The Hall–Kier alpha value is -1.55. The molecule has 0 fully saturated rings. The molecule has 0 atom stereocenters. The van der Waals surface area contributed by atoms with E-state index in [0.29, 0.717) is 13.1 Å². The molecule has 2 rings (SSSR count). The fourth-order valence-corrected chi connectivity index (χ4v) is 1.96. The molecule has 0 aromatic heterocycles. The van der Waals surface area contributed by atoms with Gasteiger partial charge >= 0.3 is 0 Å². The van der Waals surface area contributed by atoms with Gasteiger partial charge in [-0.3, -0.25) is 4.79 Å². The van der Waals surface area contributed by atoms with Gasteiger partial charge in [0, 0.05) is 18.8 Å². The predicted molar refractivity (Wildman–Crippen MR) is 70.8 cm³/mol. The van der Waals surface area contributed by atoms with Crippen LogP contribution in [0, 0.1) is 0 Å². The predicted octanol–water partition coefficient (Wildman–Crippen LogP) is 1.93. The highest BCUT2D eigenvalue weighted by Crippen LogP contribution is 2.24. The molecule has 2 N–H and O–H groups in total. The molecule has 1 heterocycles. The number of amides is 1. The van der Waals surface area contributed by atoms with Gasteiger partial charge in [-0.1, -0.05) is 6.07 Å². The minimum Gasteiger partial charge on any atom is -0.399 e. The Bertz CT molecular complexity index is 463. The van der Waals surface area contributed by atoms with Gasteiger partial charge < -0.3 is 15.4 Å². The van der Waals surface area contributed by atoms with Crippen LogP contribution in [0.2, 0.25) is 0 Å². The Labute approximate surface area is 108 Å². The molecule has 0 saturated carbocycles. The third-order valence-electron chi connectivity index (χ3n) is 2.93. The van der Waals surface area contributed by atoms with Crippen LogP contribution in [0.15, 0.2) is 18.2 Å². The maximum atomic E-state index is 12.0. The fourth-order valence-electron chi connectivity index (χ4n) is 1.96. The van der Waals surface area contributed by atoms with Gasteiger partial charge in [0.25, 0.3) is 0 Å². The van der Waals surface area contributed by atoms with E-state index >= 15 is 0 Å². The number of benzene rings is 1. The van der Waals surface area contributed by atoms with Gasteiger partial charge in [-0.25, -0.2) is 0 Å². The number of ether oxygens (including phenoxy) is 1. The lowest BCUT2D eigenvalue weighted by Gasteiger charge is -2.22. The van der Waals surface area contributed by atoms with Crippen LogP contribution in [-0.2, 0) is 22.6 Å². The molecule has 1 aliphatic heterocycles. The Balaban J connectivity index is 1.96. The number of rotatable bonds is 2. The summed E-state index contributed by atoms with van der Waals surface area (Å²) in [6.07, 6.45) is 0. The van der Waals surface area contributed by atoms with Crippen molar-refractivity contribution in [3.63, 3.8) is 0 Å². The summed E-state index contributed by atoms with van der Waals surface area (Å²) < 4.78 is 5.51. The van der Waals surface area contributed by atoms with Gasteiger partial charge in [0.1, 0.15) is 6.61 Å². The second-order valence-corrected chi connectivity index (χ2v) is 5.68. The molecule has 0 bridgehead atoms. The molecular weight excluding hydrogens is 228 g/mol. The Morgan fingerprint density at radius 1 is 1.33 bits per heavy atom. The first kappa shape index (κ1) is 12.9. The van der Waals surface area contributed by atoms with Gasteiger partial charge in [0.15, 0.2) is 0 Å². The molecule has 18 heavy (non-hydrogen) atoms. The van der Waals surface area contributed by atoms with E-state index < -0.39 is 0 Å². The van der Waals surface area contributed by atoms with Gasteiger partial charge in [-0.15, -0.1) is 0 Å². The molecule has 0 spiro atoms. The Morgan fingerprint density at radius 2 is 2.00 bits per heavy atom. The van der Waals surface area contributed by atoms with Crippen LogP contribution >= 0.6 is 0 Å². The zero-order chi connectivity index (χ0) is 13.3. The van der Waals surface area contributed by atoms with E-state index in [1.54, 1.807) is 4.90 Å². The van der Waals surface area contributed by atoms with Crippen molar-refractivity contribution in [1.29, 1.82) is 0 Å². The number of hydrogen-bond donors (Lipinski definition) is 1. The fraction of sp³-hybridized carbons (Fsp3) is 0.500. The summed E-state index contributed by atoms with van der Waals surface area (Å²) in [7, 11) is 0. The second kappa shape index (κ2) is 4.61. The summed E-state index contributed by atoms with van der Waals surface area (Å²) >= 11 is 0. The van der Waals surface area contributed by atoms with Crippen molar-refractivity contribution in [3.05, 3.63) is 29.3 Å². The van der Waals surface area contributed by atoms with Crippen LogP contribution in [0.25, 0.3) is 0 Å². The first-order valence-corrected chi connectivity index (χ1v) is 6.14. The molecule has 0 unspecified atom stereocenters. The summed E-state index contributed by atoms with van der Waals surface area (Å²) in [4.78, 5) is 13.8. The number of nitrogens with zero attached hydrogens (tertiary/aromatic N) is 1. The van der Waals surface area contributed by atoms with E-state index in [-0.39, 0.29) is 18.1 Å². The smallest absolute Gasteiger partial charge is 0.249 e. The number of nitrogens with two attached hydrogens (primary N) is 1. The summed E-state index contributed by atoms with van der Waals surface area (Å²) in [5.41, 5.74) is 8.51. The number of hydrogen-bond acceptors (Lipinski definition) is 3. The molecule has 4 heteroatoms. The van der Waals surface area contributed by atoms with Crippen LogP contribution in [0.1, 0.15) is 31.9 Å². The molecule has 0 aliphatic carbocycles. The maximum absolute atomic E-state index is 12.0.